The first-order chi connectivity index (χ1) is 33.9. The van der Waals surface area contributed by atoms with Crippen molar-refractivity contribution in [3.63, 3.8) is 0 Å². The Morgan fingerprint density at radius 3 is 1.19 bits per heavy atom. The van der Waals surface area contributed by atoms with E-state index in [1.54, 1.807) is 24.3 Å². The van der Waals surface area contributed by atoms with Crippen LogP contribution in [0.4, 0.5) is 17.1 Å². The van der Waals surface area contributed by atoms with Crippen molar-refractivity contribution in [1.29, 1.82) is 0 Å². The fraction of sp³-hybridized carbons (Fsp3) is 0. The second kappa shape index (κ2) is 14.7. The van der Waals surface area contributed by atoms with Gasteiger partial charge in [-0.25, -0.2) is 24.5 Å². The first kappa shape index (κ1) is 39.1. The fourth-order valence-electron chi connectivity index (χ4n) is 11.6. The number of carbonyl (C=O) groups is 2. The second-order valence-corrected chi connectivity index (χ2v) is 18.0. The van der Waals surface area contributed by atoms with E-state index in [-0.39, 0.29) is 24.6 Å². The molecule has 0 spiro atoms. The van der Waals surface area contributed by atoms with Gasteiger partial charge in [-0.2, -0.15) is 0 Å². The van der Waals surface area contributed by atoms with Crippen molar-refractivity contribution < 1.29 is 19.8 Å². The molecule has 8 nitrogen and oxygen atoms in total. The van der Waals surface area contributed by atoms with Gasteiger partial charge in [0.2, 0.25) is 13.4 Å². The zero-order chi connectivity index (χ0) is 46.1. The summed E-state index contributed by atoms with van der Waals surface area (Å²) in [5.74, 6) is -0.181. The van der Waals surface area contributed by atoms with Crippen LogP contribution in [-0.2, 0) is 0 Å². The van der Waals surface area contributed by atoms with Crippen LogP contribution in [0.15, 0.2) is 194 Å². The number of rotatable bonds is 7. The highest BCUT2D eigenvalue weighted by Gasteiger charge is 2.50. The normalized spacial score (nSPS) is 12.8. The molecule has 9 aromatic carbocycles. The molecule has 10 heteroatoms. The first-order valence-corrected chi connectivity index (χ1v) is 22.9. The third kappa shape index (κ3) is 5.69. The second-order valence-electron chi connectivity index (χ2n) is 18.0. The number of carboxylic acid groups (broad SMARTS) is 2. The summed E-state index contributed by atoms with van der Waals surface area (Å²) in [7, 11) is 0. The summed E-state index contributed by atoms with van der Waals surface area (Å²) in [6, 6.07) is 65.4. The molecule has 2 N–H and O–H groups in total. The van der Waals surface area contributed by atoms with Crippen LogP contribution in [0.3, 0.4) is 0 Å². The molecule has 1 aromatic heterocycles. The molecular weight excluding hydrogens is 850 g/mol. The molecule has 14 rings (SSSR count). The minimum Gasteiger partial charge on any atom is -0.478 e. The topological polar surface area (TPSA) is 117 Å². The van der Waals surface area contributed by atoms with E-state index >= 15 is 0 Å². The maximum Gasteiger partial charge on any atom is 0.335 e. The average molecular weight is 885 g/mol. The largest absolute Gasteiger partial charge is 0.478 e. The molecule has 5 heterocycles. The molecular formula is C59H34B2N4O4. The quantitative estimate of drug-likeness (QED) is 0.153. The van der Waals surface area contributed by atoms with Crippen LogP contribution in [-0.4, -0.2) is 50.5 Å². The number of carboxylic acids is 2. The third-order valence-electron chi connectivity index (χ3n) is 14.4. The van der Waals surface area contributed by atoms with Crippen molar-refractivity contribution in [3.05, 3.63) is 205 Å². The van der Waals surface area contributed by atoms with Gasteiger partial charge in [-0.05, 0) is 103 Å². The third-order valence-corrected chi connectivity index (χ3v) is 14.4. The Hall–Kier alpha value is -9.14. The number of anilines is 3. The zero-order valence-corrected chi connectivity index (χ0v) is 36.6. The molecule has 4 aliphatic rings. The molecule has 4 aliphatic heterocycles. The predicted octanol–water partition coefficient (Wildman–Crippen LogP) is 8.69. The van der Waals surface area contributed by atoms with Gasteiger partial charge in [-0.15, -0.1) is 0 Å². The molecule has 0 radical (unpaired) electrons. The lowest BCUT2D eigenvalue weighted by atomic mass is 9.32. The van der Waals surface area contributed by atoms with E-state index in [4.69, 9.17) is 15.0 Å². The Morgan fingerprint density at radius 2 is 0.768 bits per heavy atom. The van der Waals surface area contributed by atoms with Crippen LogP contribution in [0.2, 0.25) is 0 Å². The Morgan fingerprint density at radius 1 is 0.377 bits per heavy atom. The predicted molar refractivity (Wildman–Crippen MR) is 276 cm³/mol. The van der Waals surface area contributed by atoms with E-state index in [0.29, 0.717) is 17.5 Å². The summed E-state index contributed by atoms with van der Waals surface area (Å²) in [5.41, 5.74) is 22.0. The molecule has 69 heavy (non-hydrogen) atoms. The van der Waals surface area contributed by atoms with Crippen LogP contribution in [0, 0.1) is 0 Å². The van der Waals surface area contributed by atoms with Gasteiger partial charge >= 0.3 is 11.9 Å². The SMILES string of the molecule is O=C(O)c1ccc(-c2ccc3c4c2-c2ccccc2B4c2cc(-c4nc(-c5ccccc5)nc(-c5ccccc5)n4)cc4c2N3c2ccc(-c3ccc(C(=O)O)cc3)c3c2B4c2ccccc2-3)cc1. The zero-order valence-electron chi connectivity index (χ0n) is 36.6. The summed E-state index contributed by atoms with van der Waals surface area (Å²) < 4.78 is 0. The molecule has 0 aliphatic carbocycles. The summed E-state index contributed by atoms with van der Waals surface area (Å²) in [4.78, 5) is 42.1. The highest BCUT2D eigenvalue weighted by molar-refractivity contribution is 7.05. The Balaban J connectivity index is 1.08. The van der Waals surface area contributed by atoms with Crippen molar-refractivity contribution in [1.82, 2.24) is 15.0 Å². The highest BCUT2D eigenvalue weighted by atomic mass is 16.4. The van der Waals surface area contributed by atoms with Gasteiger partial charge in [-0.1, -0.05) is 169 Å². The monoisotopic (exact) mass is 884 g/mol. The van der Waals surface area contributed by atoms with Gasteiger partial charge in [-0.3, -0.25) is 0 Å². The molecule has 0 unspecified atom stereocenters. The lowest BCUT2D eigenvalue weighted by molar-refractivity contribution is 0.0686. The van der Waals surface area contributed by atoms with Crippen LogP contribution < -0.4 is 37.7 Å². The van der Waals surface area contributed by atoms with E-state index in [9.17, 15) is 19.8 Å². The maximum atomic E-state index is 12.0. The van der Waals surface area contributed by atoms with Crippen molar-refractivity contribution in [2.24, 2.45) is 0 Å². The van der Waals surface area contributed by atoms with Gasteiger partial charge in [0.25, 0.3) is 0 Å². The number of hydrogen-bond donors (Lipinski definition) is 2. The van der Waals surface area contributed by atoms with E-state index < -0.39 is 11.9 Å². The highest BCUT2D eigenvalue weighted by Crippen LogP contribution is 2.48. The molecule has 0 fully saturated rings. The molecule has 320 valence electrons. The number of aromatic nitrogens is 3. The molecule has 0 atom stereocenters. The van der Waals surface area contributed by atoms with Crippen molar-refractivity contribution in [3.8, 4) is 78.7 Å². The number of benzene rings is 9. The van der Waals surface area contributed by atoms with E-state index in [1.165, 1.54) is 21.9 Å². The summed E-state index contributed by atoms with van der Waals surface area (Å²) >= 11 is 0. The van der Waals surface area contributed by atoms with Gasteiger partial charge in [0, 0.05) is 33.8 Å². The molecule has 0 amide bonds. The lowest BCUT2D eigenvalue weighted by Gasteiger charge is -2.43. The molecule has 10 aromatic rings. The van der Waals surface area contributed by atoms with Gasteiger partial charge in [0.15, 0.2) is 17.5 Å². The minimum absolute atomic E-state index is 0.150. The molecule has 0 saturated heterocycles. The van der Waals surface area contributed by atoms with E-state index in [1.807, 2.05) is 84.9 Å². The van der Waals surface area contributed by atoms with E-state index in [0.717, 1.165) is 89.2 Å². The van der Waals surface area contributed by atoms with Gasteiger partial charge in [0.1, 0.15) is 0 Å². The van der Waals surface area contributed by atoms with Crippen molar-refractivity contribution >= 4 is 75.2 Å². The van der Waals surface area contributed by atoms with Gasteiger partial charge in [0.05, 0.1) is 11.1 Å². The number of fused-ring (bicyclic) bond motifs is 10. The number of nitrogens with zero attached hydrogens (tertiary/aromatic N) is 4. The smallest absolute Gasteiger partial charge is 0.335 e. The Labute approximate surface area is 397 Å². The number of aromatic carboxylic acids is 2. The van der Waals surface area contributed by atoms with Crippen LogP contribution in [0.25, 0.3) is 78.7 Å². The average Bonchev–Trinajstić information content (AvgIpc) is 3.94. The minimum atomic E-state index is -0.962. The van der Waals surface area contributed by atoms with Crippen molar-refractivity contribution in [2.45, 2.75) is 0 Å². The molecule has 0 bridgehead atoms. The van der Waals surface area contributed by atoms with Crippen LogP contribution in [0.1, 0.15) is 20.7 Å². The Bertz CT molecular complexity index is 3620. The lowest BCUT2D eigenvalue weighted by Crippen LogP contribution is -2.63. The Kier molecular flexibility index (Phi) is 8.31. The summed E-state index contributed by atoms with van der Waals surface area (Å²) in [6.45, 7) is -0.300. The van der Waals surface area contributed by atoms with Crippen LogP contribution >= 0.6 is 0 Å². The summed E-state index contributed by atoms with van der Waals surface area (Å²) in [6.07, 6.45) is 0. The molecule has 0 saturated carbocycles. The van der Waals surface area contributed by atoms with E-state index in [2.05, 4.69) is 89.8 Å². The fourth-order valence-corrected chi connectivity index (χ4v) is 11.6. The van der Waals surface area contributed by atoms with Gasteiger partial charge < -0.3 is 15.1 Å². The van der Waals surface area contributed by atoms with Crippen LogP contribution in [0.5, 0.6) is 0 Å². The number of hydrogen-bond acceptors (Lipinski definition) is 6. The van der Waals surface area contributed by atoms with Crippen molar-refractivity contribution in [2.75, 3.05) is 4.90 Å². The summed E-state index contributed by atoms with van der Waals surface area (Å²) in [5, 5.41) is 19.6. The standard InChI is InChI=1S/C59H34B2N4O4/c66-58(67)37-23-19-33(20-24-37)40-27-29-48-52-50(40)42-15-7-9-17-44(42)60(52)46-31-39(57-63-55(35-11-3-1-4-12-35)62-56(64-57)36-13-5-2-6-14-36)32-47-54(46)65(48)49-30-28-41(34-21-25-38(26-22-34)59(68)69)51-43-16-8-10-18-45(43)61(47)53(49)51/h1-32H,(H,66,67)(H,68,69). The first-order valence-electron chi connectivity index (χ1n) is 22.9. The maximum absolute atomic E-state index is 12.0.